The van der Waals surface area contributed by atoms with Crippen molar-refractivity contribution in [3.05, 3.63) is 29.6 Å². The molecule has 0 bridgehead atoms. The van der Waals surface area contributed by atoms with Crippen molar-refractivity contribution in [2.24, 2.45) is 7.05 Å². The average Bonchev–Trinajstić information content (AvgIpc) is 2.45. The second-order valence-corrected chi connectivity index (χ2v) is 3.37. The fourth-order valence-electron chi connectivity index (χ4n) is 1.72. The van der Waals surface area contributed by atoms with E-state index in [9.17, 15) is 4.79 Å². The number of aryl methyl sites for hydroxylation is 2. The molecule has 72 valence electrons. The Balaban J connectivity index is 2.77. The van der Waals surface area contributed by atoms with Gasteiger partial charge in [-0.05, 0) is 18.6 Å². The van der Waals surface area contributed by atoms with Gasteiger partial charge in [0.2, 0.25) is 0 Å². The van der Waals surface area contributed by atoms with Gasteiger partial charge in [-0.3, -0.25) is 0 Å². The summed E-state index contributed by atoms with van der Waals surface area (Å²) in [5, 5.41) is 0. The quantitative estimate of drug-likeness (QED) is 0.671. The fourth-order valence-corrected chi connectivity index (χ4v) is 1.72. The van der Waals surface area contributed by atoms with Crippen LogP contribution < -0.4 is 0 Å². The molecule has 1 aromatic heterocycles. The first-order chi connectivity index (χ1) is 6.74. The Hall–Kier alpha value is -1.64. The molecular formula is C11H12N2O. The van der Waals surface area contributed by atoms with Crippen LogP contribution in [0.2, 0.25) is 0 Å². The van der Waals surface area contributed by atoms with Gasteiger partial charge in [-0.25, -0.2) is 4.98 Å². The van der Waals surface area contributed by atoms with Gasteiger partial charge in [0.15, 0.2) is 0 Å². The topological polar surface area (TPSA) is 34.9 Å². The molecule has 14 heavy (non-hydrogen) atoms. The number of hydrogen-bond acceptors (Lipinski definition) is 2. The normalized spacial score (nSPS) is 10.7. The SMILES string of the molecule is Cc1nc2cccc(CC=O)c2n1C. The minimum absolute atomic E-state index is 0.455. The predicted molar refractivity (Wildman–Crippen MR) is 55.2 cm³/mol. The van der Waals surface area contributed by atoms with Gasteiger partial charge >= 0.3 is 0 Å². The number of carbonyl (C=O) groups excluding carboxylic acids is 1. The van der Waals surface area contributed by atoms with Crippen molar-refractivity contribution in [2.75, 3.05) is 0 Å². The highest BCUT2D eigenvalue weighted by Gasteiger charge is 2.07. The standard InChI is InChI=1S/C11H12N2O/c1-8-12-10-5-3-4-9(6-7-14)11(10)13(8)2/h3-5,7H,6H2,1-2H3. The first-order valence-electron chi connectivity index (χ1n) is 4.58. The van der Waals surface area contributed by atoms with Crippen LogP contribution in [0.3, 0.4) is 0 Å². The maximum atomic E-state index is 10.5. The minimum atomic E-state index is 0.455. The van der Waals surface area contributed by atoms with Crippen molar-refractivity contribution in [3.63, 3.8) is 0 Å². The van der Waals surface area contributed by atoms with Gasteiger partial charge in [0.25, 0.3) is 0 Å². The summed E-state index contributed by atoms with van der Waals surface area (Å²) < 4.78 is 2.02. The summed E-state index contributed by atoms with van der Waals surface area (Å²) in [7, 11) is 1.97. The summed E-state index contributed by atoms with van der Waals surface area (Å²) >= 11 is 0. The van der Waals surface area contributed by atoms with Crippen LogP contribution in [0.5, 0.6) is 0 Å². The molecular weight excluding hydrogens is 176 g/mol. The van der Waals surface area contributed by atoms with Crippen LogP contribution in [0, 0.1) is 6.92 Å². The fraction of sp³-hybridized carbons (Fsp3) is 0.273. The van der Waals surface area contributed by atoms with Crippen LogP contribution in [0.15, 0.2) is 18.2 Å². The Kier molecular flexibility index (Phi) is 2.08. The molecule has 0 spiro atoms. The van der Waals surface area contributed by atoms with E-state index >= 15 is 0 Å². The molecule has 0 fully saturated rings. The predicted octanol–water partition coefficient (Wildman–Crippen LogP) is 1.62. The number of carbonyl (C=O) groups is 1. The lowest BCUT2D eigenvalue weighted by Crippen LogP contribution is -1.95. The molecule has 3 heteroatoms. The molecule has 0 aliphatic carbocycles. The third-order valence-electron chi connectivity index (χ3n) is 2.50. The van der Waals surface area contributed by atoms with Gasteiger partial charge in [0, 0.05) is 13.5 Å². The number of aldehydes is 1. The Morgan fingerprint density at radius 1 is 1.50 bits per heavy atom. The number of fused-ring (bicyclic) bond motifs is 1. The molecule has 0 N–H and O–H groups in total. The van der Waals surface area contributed by atoms with E-state index in [1.54, 1.807) is 0 Å². The van der Waals surface area contributed by atoms with Crippen molar-refractivity contribution in [2.45, 2.75) is 13.3 Å². The van der Waals surface area contributed by atoms with Gasteiger partial charge in [0.05, 0.1) is 11.0 Å². The highest BCUT2D eigenvalue weighted by Crippen LogP contribution is 2.18. The van der Waals surface area contributed by atoms with E-state index in [1.807, 2.05) is 36.7 Å². The zero-order valence-electron chi connectivity index (χ0n) is 8.32. The van der Waals surface area contributed by atoms with Crippen LogP contribution in [-0.4, -0.2) is 15.8 Å². The zero-order chi connectivity index (χ0) is 10.1. The van der Waals surface area contributed by atoms with Crippen LogP contribution in [0.1, 0.15) is 11.4 Å². The zero-order valence-corrected chi connectivity index (χ0v) is 8.32. The third-order valence-corrected chi connectivity index (χ3v) is 2.50. The second kappa shape index (κ2) is 3.25. The first kappa shape index (κ1) is 8.94. The molecule has 1 aromatic carbocycles. The van der Waals surface area contributed by atoms with Gasteiger partial charge < -0.3 is 9.36 Å². The maximum absolute atomic E-state index is 10.5. The molecule has 0 saturated heterocycles. The summed E-state index contributed by atoms with van der Waals surface area (Å²) in [5.74, 6) is 0.971. The summed E-state index contributed by atoms with van der Waals surface area (Å²) in [5.41, 5.74) is 3.07. The molecule has 0 saturated carbocycles. The van der Waals surface area contributed by atoms with Gasteiger partial charge in [-0.15, -0.1) is 0 Å². The average molecular weight is 188 g/mol. The van der Waals surface area contributed by atoms with Crippen LogP contribution in [0.4, 0.5) is 0 Å². The van der Waals surface area contributed by atoms with E-state index in [0.717, 1.165) is 28.7 Å². The highest BCUT2D eigenvalue weighted by atomic mass is 16.1. The van der Waals surface area contributed by atoms with E-state index in [4.69, 9.17) is 0 Å². The number of rotatable bonds is 2. The molecule has 2 rings (SSSR count). The van der Waals surface area contributed by atoms with E-state index in [2.05, 4.69) is 4.98 Å². The summed E-state index contributed by atoms with van der Waals surface area (Å²) in [6.45, 7) is 1.96. The molecule has 2 aromatic rings. The summed E-state index contributed by atoms with van der Waals surface area (Å²) in [4.78, 5) is 14.9. The van der Waals surface area contributed by atoms with Crippen molar-refractivity contribution < 1.29 is 4.79 Å². The minimum Gasteiger partial charge on any atom is -0.331 e. The second-order valence-electron chi connectivity index (χ2n) is 3.37. The Labute approximate surface area is 82.4 Å². The number of nitrogens with zero attached hydrogens (tertiary/aromatic N) is 2. The molecule has 0 radical (unpaired) electrons. The highest BCUT2D eigenvalue weighted by molar-refractivity contribution is 5.81. The smallest absolute Gasteiger partial charge is 0.124 e. The third kappa shape index (κ3) is 1.21. The summed E-state index contributed by atoms with van der Waals surface area (Å²) in [6.07, 6.45) is 1.38. The molecule has 1 heterocycles. The lowest BCUT2D eigenvalue weighted by molar-refractivity contribution is -0.107. The first-order valence-corrected chi connectivity index (χ1v) is 4.58. The number of imidazole rings is 1. The Morgan fingerprint density at radius 3 is 3.00 bits per heavy atom. The lowest BCUT2D eigenvalue weighted by atomic mass is 10.1. The Morgan fingerprint density at radius 2 is 2.29 bits per heavy atom. The Bertz CT molecular complexity index is 485. The molecule has 0 unspecified atom stereocenters. The molecule has 0 aliphatic rings. The monoisotopic (exact) mass is 188 g/mol. The van der Waals surface area contributed by atoms with E-state index in [1.165, 1.54) is 0 Å². The van der Waals surface area contributed by atoms with E-state index in [-0.39, 0.29) is 0 Å². The molecule has 0 atom stereocenters. The van der Waals surface area contributed by atoms with Crippen molar-refractivity contribution >= 4 is 17.3 Å². The van der Waals surface area contributed by atoms with E-state index in [0.29, 0.717) is 6.42 Å². The summed E-state index contributed by atoms with van der Waals surface area (Å²) in [6, 6.07) is 5.88. The van der Waals surface area contributed by atoms with Gasteiger partial charge in [-0.2, -0.15) is 0 Å². The molecule has 0 amide bonds. The molecule has 3 nitrogen and oxygen atoms in total. The van der Waals surface area contributed by atoms with Crippen LogP contribution in [-0.2, 0) is 18.3 Å². The van der Waals surface area contributed by atoms with Crippen LogP contribution in [0.25, 0.3) is 11.0 Å². The number of para-hydroxylation sites is 1. The number of benzene rings is 1. The van der Waals surface area contributed by atoms with Crippen molar-refractivity contribution in [1.82, 2.24) is 9.55 Å². The maximum Gasteiger partial charge on any atom is 0.124 e. The lowest BCUT2D eigenvalue weighted by Gasteiger charge is -2.01. The molecule has 0 aliphatic heterocycles. The van der Waals surface area contributed by atoms with Gasteiger partial charge in [0.1, 0.15) is 12.1 Å². The number of hydrogen-bond donors (Lipinski definition) is 0. The van der Waals surface area contributed by atoms with Crippen LogP contribution >= 0.6 is 0 Å². The van der Waals surface area contributed by atoms with Gasteiger partial charge in [-0.1, -0.05) is 12.1 Å². The van der Waals surface area contributed by atoms with E-state index < -0.39 is 0 Å². The van der Waals surface area contributed by atoms with Crippen molar-refractivity contribution in [1.29, 1.82) is 0 Å². The van der Waals surface area contributed by atoms with Crippen molar-refractivity contribution in [3.8, 4) is 0 Å². The largest absolute Gasteiger partial charge is 0.331 e. The number of aromatic nitrogens is 2.